The average Bonchev–Trinajstić information content (AvgIpc) is 2.89. The number of ether oxygens (including phenoxy) is 3. The van der Waals surface area contributed by atoms with Crippen LogP contribution in [0.3, 0.4) is 0 Å². The van der Waals surface area contributed by atoms with E-state index in [1.165, 1.54) is 5.56 Å². The van der Waals surface area contributed by atoms with Gasteiger partial charge in [0.2, 0.25) is 0 Å². The number of rotatable bonds is 11. The van der Waals surface area contributed by atoms with E-state index in [0.29, 0.717) is 41.0 Å². The van der Waals surface area contributed by atoms with Gasteiger partial charge in [-0.2, -0.15) is 0 Å². The number of anilines is 2. The molecule has 188 valence electrons. The van der Waals surface area contributed by atoms with Gasteiger partial charge in [0.25, 0.3) is 11.8 Å². The third-order valence-corrected chi connectivity index (χ3v) is 6.00. The van der Waals surface area contributed by atoms with E-state index >= 15 is 0 Å². The second-order valence-corrected chi connectivity index (χ2v) is 8.80. The molecule has 3 aromatic rings. The lowest BCUT2D eigenvalue weighted by Gasteiger charge is -2.30. The Hall–Kier alpha value is -3.71. The molecule has 1 aliphatic rings. The fourth-order valence-corrected chi connectivity index (χ4v) is 3.91. The van der Waals surface area contributed by atoms with Gasteiger partial charge in [0.1, 0.15) is 17.2 Å². The SMILES string of the molecule is CCc1ccc(OCC(=O)Nc2ccc3c(c2)N(CCCCOc2ccc(Cl)cc2)C(=O)CO3)cc1. The molecule has 0 fully saturated rings. The number of benzene rings is 3. The molecule has 7 nitrogen and oxygen atoms in total. The van der Waals surface area contributed by atoms with Gasteiger partial charge in [0.05, 0.1) is 12.3 Å². The minimum Gasteiger partial charge on any atom is -0.494 e. The molecule has 36 heavy (non-hydrogen) atoms. The number of halogens is 1. The molecule has 4 rings (SSSR count). The van der Waals surface area contributed by atoms with Crippen molar-refractivity contribution in [3.63, 3.8) is 0 Å². The molecule has 0 aliphatic carbocycles. The van der Waals surface area contributed by atoms with Crippen LogP contribution in [0.15, 0.2) is 66.7 Å². The number of carbonyl (C=O) groups excluding carboxylic acids is 2. The lowest BCUT2D eigenvalue weighted by Crippen LogP contribution is -2.39. The van der Waals surface area contributed by atoms with Gasteiger partial charge in [-0.25, -0.2) is 0 Å². The first-order chi connectivity index (χ1) is 17.5. The molecule has 0 unspecified atom stereocenters. The zero-order valence-corrected chi connectivity index (χ0v) is 20.9. The highest BCUT2D eigenvalue weighted by Gasteiger charge is 2.25. The van der Waals surface area contributed by atoms with Crippen LogP contribution >= 0.6 is 11.6 Å². The van der Waals surface area contributed by atoms with E-state index in [1.807, 2.05) is 36.4 Å². The van der Waals surface area contributed by atoms with Crippen molar-refractivity contribution in [2.45, 2.75) is 26.2 Å². The highest BCUT2D eigenvalue weighted by Crippen LogP contribution is 2.34. The number of nitrogens with zero attached hydrogens (tertiary/aromatic N) is 1. The van der Waals surface area contributed by atoms with Crippen LogP contribution in [0.4, 0.5) is 11.4 Å². The van der Waals surface area contributed by atoms with Crippen molar-refractivity contribution in [3.05, 3.63) is 77.3 Å². The van der Waals surface area contributed by atoms with Gasteiger partial charge in [-0.3, -0.25) is 9.59 Å². The summed E-state index contributed by atoms with van der Waals surface area (Å²) < 4.78 is 16.9. The molecule has 1 N–H and O–H groups in total. The van der Waals surface area contributed by atoms with Crippen molar-refractivity contribution in [2.24, 2.45) is 0 Å². The first-order valence-electron chi connectivity index (χ1n) is 12.0. The lowest BCUT2D eigenvalue weighted by atomic mass is 10.2. The Morgan fingerprint density at radius 2 is 1.72 bits per heavy atom. The fraction of sp³-hybridized carbons (Fsp3) is 0.286. The van der Waals surface area contributed by atoms with Crippen molar-refractivity contribution in [2.75, 3.05) is 36.6 Å². The highest BCUT2D eigenvalue weighted by atomic mass is 35.5. The topological polar surface area (TPSA) is 77.1 Å². The molecule has 0 aromatic heterocycles. The minimum absolute atomic E-state index is 0.00928. The summed E-state index contributed by atoms with van der Waals surface area (Å²) in [5.74, 6) is 1.59. The average molecular weight is 509 g/mol. The van der Waals surface area contributed by atoms with E-state index < -0.39 is 0 Å². The van der Waals surface area contributed by atoms with Gasteiger partial charge in [-0.05, 0) is 79.4 Å². The van der Waals surface area contributed by atoms with E-state index in [0.717, 1.165) is 25.0 Å². The predicted molar refractivity (Wildman–Crippen MR) is 140 cm³/mol. The fourth-order valence-electron chi connectivity index (χ4n) is 3.79. The number of amides is 2. The smallest absolute Gasteiger partial charge is 0.265 e. The maximum atomic E-state index is 12.6. The van der Waals surface area contributed by atoms with Crippen molar-refractivity contribution < 1.29 is 23.8 Å². The van der Waals surface area contributed by atoms with Crippen LogP contribution in [0.5, 0.6) is 17.2 Å². The summed E-state index contributed by atoms with van der Waals surface area (Å²) in [6.07, 6.45) is 2.47. The van der Waals surface area contributed by atoms with Crippen molar-refractivity contribution in [1.29, 1.82) is 0 Å². The van der Waals surface area contributed by atoms with Crippen LogP contribution in [0, 0.1) is 0 Å². The molecule has 3 aromatic carbocycles. The number of fused-ring (bicyclic) bond motifs is 1. The van der Waals surface area contributed by atoms with Crippen LogP contribution in [0.1, 0.15) is 25.3 Å². The van der Waals surface area contributed by atoms with Crippen LogP contribution in [0.25, 0.3) is 0 Å². The molecule has 0 saturated heterocycles. The van der Waals surface area contributed by atoms with E-state index in [4.69, 9.17) is 25.8 Å². The van der Waals surface area contributed by atoms with Gasteiger partial charge >= 0.3 is 0 Å². The predicted octanol–water partition coefficient (Wildman–Crippen LogP) is 5.50. The summed E-state index contributed by atoms with van der Waals surface area (Å²) in [5, 5.41) is 3.50. The Morgan fingerprint density at radius 3 is 2.47 bits per heavy atom. The van der Waals surface area contributed by atoms with Crippen LogP contribution in [-0.4, -0.2) is 38.2 Å². The van der Waals surface area contributed by atoms with Crippen LogP contribution < -0.4 is 24.4 Å². The molecule has 0 bridgehead atoms. The number of nitrogens with one attached hydrogen (secondary N) is 1. The molecule has 8 heteroatoms. The summed E-state index contributed by atoms with van der Waals surface area (Å²) in [6.45, 7) is 3.01. The zero-order chi connectivity index (χ0) is 25.3. The van der Waals surface area contributed by atoms with E-state index in [2.05, 4.69) is 12.2 Å². The number of carbonyl (C=O) groups is 2. The van der Waals surface area contributed by atoms with E-state index in [1.54, 1.807) is 35.2 Å². The highest BCUT2D eigenvalue weighted by molar-refractivity contribution is 6.30. The summed E-state index contributed by atoms with van der Waals surface area (Å²) in [4.78, 5) is 26.7. The first kappa shape index (κ1) is 25.4. The van der Waals surface area contributed by atoms with Crippen LogP contribution in [0.2, 0.25) is 5.02 Å². The zero-order valence-electron chi connectivity index (χ0n) is 20.2. The molecule has 0 spiro atoms. The second kappa shape index (κ2) is 12.3. The molecular formula is C28H29ClN2O5. The van der Waals surface area contributed by atoms with Gasteiger partial charge in [0.15, 0.2) is 13.2 Å². The second-order valence-electron chi connectivity index (χ2n) is 8.36. The molecule has 1 aliphatic heterocycles. The summed E-state index contributed by atoms with van der Waals surface area (Å²) in [6, 6.07) is 20.2. The quantitative estimate of drug-likeness (QED) is 0.346. The Morgan fingerprint density at radius 1 is 1.00 bits per heavy atom. The molecular weight excluding hydrogens is 480 g/mol. The standard InChI is InChI=1S/C28H29ClN2O5/c1-2-20-5-10-24(11-6-20)35-18-27(32)30-22-9-14-26-25(17-22)31(28(33)19-36-26)15-3-4-16-34-23-12-7-21(29)8-13-23/h5-14,17H,2-4,15-16,18-19H2,1H3,(H,30,32). The van der Waals surface area contributed by atoms with Gasteiger partial charge < -0.3 is 24.4 Å². The van der Waals surface area contributed by atoms with Crippen molar-refractivity contribution >= 4 is 34.8 Å². The molecule has 0 atom stereocenters. The summed E-state index contributed by atoms with van der Waals surface area (Å²) >= 11 is 5.89. The van der Waals surface area contributed by atoms with Crippen molar-refractivity contribution in [3.8, 4) is 17.2 Å². The first-order valence-corrected chi connectivity index (χ1v) is 12.4. The van der Waals surface area contributed by atoms with Gasteiger partial charge in [-0.15, -0.1) is 0 Å². The van der Waals surface area contributed by atoms with Gasteiger partial charge in [0, 0.05) is 17.3 Å². The molecule has 0 radical (unpaired) electrons. The number of unbranched alkanes of at least 4 members (excludes halogenated alkanes) is 1. The monoisotopic (exact) mass is 508 g/mol. The maximum Gasteiger partial charge on any atom is 0.265 e. The Labute approximate surface area is 215 Å². The summed E-state index contributed by atoms with van der Waals surface area (Å²) in [7, 11) is 0. The molecule has 1 heterocycles. The lowest BCUT2D eigenvalue weighted by molar-refractivity contribution is -0.121. The normalized spacial score (nSPS) is 12.5. The largest absolute Gasteiger partial charge is 0.494 e. The minimum atomic E-state index is -0.288. The van der Waals surface area contributed by atoms with Crippen LogP contribution in [-0.2, 0) is 16.0 Å². The molecule has 0 saturated carbocycles. The Balaban J connectivity index is 1.29. The van der Waals surface area contributed by atoms with Crippen molar-refractivity contribution in [1.82, 2.24) is 0 Å². The number of hydrogen-bond acceptors (Lipinski definition) is 5. The third-order valence-electron chi connectivity index (χ3n) is 5.75. The van der Waals surface area contributed by atoms with Gasteiger partial charge in [-0.1, -0.05) is 30.7 Å². The Bertz CT molecular complexity index is 1180. The summed E-state index contributed by atoms with van der Waals surface area (Å²) in [5.41, 5.74) is 2.41. The number of hydrogen-bond donors (Lipinski definition) is 1. The Kier molecular flexibility index (Phi) is 8.68. The van der Waals surface area contributed by atoms with E-state index in [9.17, 15) is 9.59 Å². The van der Waals surface area contributed by atoms with E-state index in [-0.39, 0.29) is 25.0 Å². The maximum absolute atomic E-state index is 12.6. The molecule has 2 amide bonds. The number of aryl methyl sites for hydroxylation is 1. The third kappa shape index (κ3) is 6.92.